The molecular weight excluding hydrogens is 1690 g/mol. The number of hydrogen-bond donors (Lipinski definition) is 4. The van der Waals surface area contributed by atoms with Gasteiger partial charge < -0.3 is 58.3 Å². The summed E-state index contributed by atoms with van der Waals surface area (Å²) in [7, 11) is 0. The normalized spacial score (nSPS) is 17.9. The Morgan fingerprint density at radius 3 is 0.993 bits per heavy atom. The van der Waals surface area contributed by atoms with Crippen LogP contribution >= 0.6 is 0 Å². The zero-order chi connectivity index (χ0) is 99.8. The number of ketones is 1. The van der Waals surface area contributed by atoms with Crippen molar-refractivity contribution in [1.82, 2.24) is 0 Å². The van der Waals surface area contributed by atoms with Gasteiger partial charge >= 0.3 is 0 Å². The first kappa shape index (κ1) is 115. The number of aromatic hydroxyl groups is 4. The molecule has 0 radical (unpaired) electrons. The van der Waals surface area contributed by atoms with Gasteiger partial charge in [-0.15, -0.1) is 0 Å². The number of hydrogen-bond acceptors (Lipinski definition) is 15. The highest BCUT2D eigenvalue weighted by molar-refractivity contribution is 5.78. The van der Waals surface area contributed by atoms with Crippen molar-refractivity contribution in [2.45, 2.75) is 372 Å². The summed E-state index contributed by atoms with van der Waals surface area (Å²) >= 11 is 0. The van der Waals surface area contributed by atoms with Crippen LogP contribution in [0.5, 0.6) is 46.0 Å². The van der Waals surface area contributed by atoms with Gasteiger partial charge in [0.15, 0.2) is 25.2 Å². The van der Waals surface area contributed by atoms with Crippen molar-refractivity contribution in [3.05, 3.63) is 274 Å². The van der Waals surface area contributed by atoms with Crippen LogP contribution in [0.3, 0.4) is 0 Å². The van der Waals surface area contributed by atoms with Crippen molar-refractivity contribution in [3.8, 4) is 58.1 Å². The fourth-order valence-electron chi connectivity index (χ4n) is 17.8. The minimum atomic E-state index is -0.432. The van der Waals surface area contributed by atoms with Gasteiger partial charge in [-0.2, -0.15) is 10.5 Å². The van der Waals surface area contributed by atoms with E-state index in [1.165, 1.54) is 89.5 Å². The van der Waals surface area contributed by atoms with Gasteiger partial charge in [-0.1, -0.05) is 232 Å². The molecule has 0 saturated heterocycles. The van der Waals surface area contributed by atoms with Gasteiger partial charge in [0.05, 0.1) is 42.8 Å². The van der Waals surface area contributed by atoms with Crippen LogP contribution in [-0.4, -0.2) is 76.8 Å². The predicted octanol–water partition coefficient (Wildman–Crippen LogP) is 32.5. The second kappa shape index (κ2) is 61.2. The lowest BCUT2D eigenvalue weighted by Crippen LogP contribution is -2.32. The number of carbonyl (C=O) groups is 1. The molecule has 15 unspecified atom stereocenters. The predicted molar refractivity (Wildman–Crippen MR) is 559 cm³/mol. The molecule has 11 rings (SSSR count). The molecule has 742 valence electrons. The van der Waals surface area contributed by atoms with E-state index in [1.807, 2.05) is 95.3 Å². The Bertz CT molecular complexity index is 4720. The number of carbonyl (C=O) groups excluding carboxylic acids is 1. The van der Waals surface area contributed by atoms with Gasteiger partial charge in [0, 0.05) is 18.9 Å². The molecule has 2 saturated carbocycles. The van der Waals surface area contributed by atoms with E-state index in [9.17, 15) is 25.5 Å². The Hall–Kier alpha value is -10.1. The lowest BCUT2D eigenvalue weighted by molar-refractivity contribution is -0.123. The molecule has 0 aromatic heterocycles. The van der Waals surface area contributed by atoms with Crippen molar-refractivity contribution in [2.24, 2.45) is 29.1 Å². The van der Waals surface area contributed by atoms with E-state index < -0.39 is 11.8 Å². The number of nitrogens with zero attached hydrogens (tertiary/aromatic N) is 2. The number of phenols is 4. The summed E-state index contributed by atoms with van der Waals surface area (Å²) < 4.78 is 46.8. The van der Waals surface area contributed by atoms with E-state index >= 15 is 0 Å². The first-order valence-electron chi connectivity index (χ1n) is 51.2. The molecule has 4 N–H and O–H groups in total. The van der Waals surface area contributed by atoms with Gasteiger partial charge in [0.2, 0.25) is 0 Å². The van der Waals surface area contributed by atoms with E-state index in [4.69, 9.17) is 48.1 Å². The largest absolute Gasteiger partial charge is 0.508 e. The quantitative estimate of drug-likeness (QED) is 0.0262. The summed E-state index contributed by atoms with van der Waals surface area (Å²) in [4.78, 5) is 11.6. The van der Waals surface area contributed by atoms with E-state index in [1.54, 1.807) is 62.4 Å². The van der Waals surface area contributed by atoms with Crippen molar-refractivity contribution >= 4 is 5.78 Å². The van der Waals surface area contributed by atoms with Crippen LogP contribution in [0.4, 0.5) is 0 Å². The van der Waals surface area contributed by atoms with Gasteiger partial charge in [0.1, 0.15) is 51.8 Å². The molecule has 0 heterocycles. The van der Waals surface area contributed by atoms with Gasteiger partial charge in [-0.25, -0.2) is 0 Å². The number of ether oxygens (including phenoxy) is 8. The molecule has 15 nitrogen and oxygen atoms in total. The molecule has 0 bridgehead atoms. The molecule has 2 fully saturated rings. The molecule has 136 heavy (non-hydrogen) atoms. The van der Waals surface area contributed by atoms with E-state index in [2.05, 4.69) is 232 Å². The standard InChI is InChI=1S/C34H44O4.C26H32N2O3.C22H36O2.C19H30O2.2C10H14O/c1-6-20-37-26(5)38-34-18-14-30(15-19-34)28(7-2)23-32(21-24(3)29-12-16-33(36)17-13-29)31-10-8-27(9-11-31)22-25(4)35;1-5-20(21-9-13-24(14-10-21)31-19(4)30-6-2)15-25(26(17-28)18(3)16-27)22-7-11-23(29)12-8-22;1-7-16(2)18-8-12-20(13-9-18)23-17(3)24-21-14-10-19(11-15-21)22(4,5)6;1-5-15(3)17-8-12-19(13-9-17)21-16(4)20-18-10-6-14(2)7-11-18;2*1-3-8(2)9-4-6-10(11)7-5-9/h8-19,24,26,28,32,36H,6-7,20-23H2,1-5H3;7-14,18-20,25-26,29H,5-6,15H2,1-4H3;8-9,12-13,16-17,19,21H,7,10-11,14-15H2,1-6H3;8-9,12-16,18H,5-7,10-11H2,1-4H3;2*4-8,11H,3H2,1-2H3. The molecule has 9 aromatic rings. The lowest BCUT2D eigenvalue weighted by atomic mass is 9.72. The molecule has 2 aliphatic carbocycles. The summed E-state index contributed by atoms with van der Waals surface area (Å²) in [5.41, 5.74) is 12.8. The SMILES string of the molecule is CCC(C)c1ccc(O)cc1.CCC(C)c1ccc(O)cc1.CCC(C)c1ccc(OC(C)OC2CCC(C(C)(C)C)CC2)cc1.CCC(C)c1ccc(OC(C)OC2CCC(C)CC2)cc1.CCCOC(C)Oc1ccc(C(CC)CC(CC(C)c2ccc(O)cc2)c2ccc(CC(C)=O)cc2)cc1.CCOC(C)Oc1ccc(C(CC)CC(c2ccc(O)cc2)C(C#N)C(C)C#N)cc1. The maximum absolute atomic E-state index is 11.6. The first-order valence-corrected chi connectivity index (χ1v) is 51.2. The summed E-state index contributed by atoms with van der Waals surface area (Å²) in [6.45, 7) is 50.3. The fourth-order valence-corrected chi connectivity index (χ4v) is 17.8. The average Bonchev–Trinajstić information content (AvgIpc) is 0.819. The van der Waals surface area contributed by atoms with Crippen LogP contribution in [0.1, 0.15) is 384 Å². The average molecular weight is 1860 g/mol. The molecule has 9 aromatic carbocycles. The molecule has 15 atom stereocenters. The van der Waals surface area contributed by atoms with Crippen LogP contribution in [0, 0.1) is 51.7 Å². The second-order valence-electron chi connectivity index (χ2n) is 39.3. The summed E-state index contributed by atoms with van der Waals surface area (Å²) in [5.74, 6) is 9.20. The zero-order valence-corrected chi connectivity index (χ0v) is 87.0. The van der Waals surface area contributed by atoms with Crippen LogP contribution in [-0.2, 0) is 30.2 Å². The molecule has 0 spiro atoms. The highest BCUT2D eigenvalue weighted by Gasteiger charge is 2.34. The van der Waals surface area contributed by atoms with Crippen molar-refractivity contribution in [2.75, 3.05) is 13.2 Å². The number of benzene rings is 9. The third-order valence-electron chi connectivity index (χ3n) is 27.5. The molecular formula is C121H170N2O13. The molecule has 2 aliphatic rings. The van der Waals surface area contributed by atoms with Crippen LogP contribution < -0.4 is 18.9 Å². The van der Waals surface area contributed by atoms with Crippen molar-refractivity contribution in [3.63, 3.8) is 0 Å². The monoisotopic (exact) mass is 1860 g/mol. The number of rotatable bonds is 42. The topological polar surface area (TPSA) is 219 Å². The number of phenolic OH excluding ortho intramolecular Hbond substituents is 4. The highest BCUT2D eigenvalue weighted by atomic mass is 16.7. The third-order valence-corrected chi connectivity index (χ3v) is 27.5. The Labute approximate surface area is 820 Å². The molecule has 0 amide bonds. The van der Waals surface area contributed by atoms with Crippen LogP contribution in [0.25, 0.3) is 0 Å². The van der Waals surface area contributed by atoms with E-state index in [0.29, 0.717) is 95.9 Å². The highest BCUT2D eigenvalue weighted by Crippen LogP contribution is 2.44. The van der Waals surface area contributed by atoms with Crippen molar-refractivity contribution in [1.29, 1.82) is 10.5 Å². The maximum atomic E-state index is 11.6. The van der Waals surface area contributed by atoms with Crippen LogP contribution in [0.2, 0.25) is 0 Å². The molecule has 0 aliphatic heterocycles. The Kier molecular flexibility index (Phi) is 51.6. The van der Waals surface area contributed by atoms with E-state index in [-0.39, 0.29) is 48.5 Å². The number of nitriles is 2. The third kappa shape index (κ3) is 41.3. The Morgan fingerprint density at radius 2 is 0.669 bits per heavy atom. The second-order valence-corrected chi connectivity index (χ2v) is 39.3. The van der Waals surface area contributed by atoms with E-state index in [0.717, 1.165) is 117 Å². The summed E-state index contributed by atoms with van der Waals surface area (Å²) in [5, 5.41) is 56.7. The Balaban J connectivity index is 0.000000263. The Morgan fingerprint density at radius 1 is 0.360 bits per heavy atom. The van der Waals surface area contributed by atoms with Crippen molar-refractivity contribution < 1.29 is 63.1 Å². The number of Topliss-reactive ketones (excluding diaryl/α,β-unsaturated/α-hetero) is 1. The summed E-state index contributed by atoms with van der Waals surface area (Å²) in [6.07, 6.45) is 20.3. The maximum Gasteiger partial charge on any atom is 0.197 e. The van der Waals surface area contributed by atoms with Crippen LogP contribution in [0.15, 0.2) is 218 Å². The molecule has 15 heteroatoms. The smallest absolute Gasteiger partial charge is 0.197 e. The van der Waals surface area contributed by atoms with Gasteiger partial charge in [0.25, 0.3) is 0 Å². The zero-order valence-electron chi connectivity index (χ0n) is 87.0. The summed E-state index contributed by atoms with van der Waals surface area (Å²) in [6, 6.07) is 76.1. The minimum absolute atomic E-state index is 0.112. The van der Waals surface area contributed by atoms with Gasteiger partial charge in [-0.3, -0.25) is 4.79 Å². The fraction of sp³-hybridized carbons (Fsp3) is 0.529. The lowest BCUT2D eigenvalue weighted by Gasteiger charge is -2.37. The first-order chi connectivity index (χ1) is 65.1. The van der Waals surface area contributed by atoms with Gasteiger partial charge in [-0.05, 0) is 381 Å². The minimum Gasteiger partial charge on any atom is -0.508 e.